The summed E-state index contributed by atoms with van der Waals surface area (Å²) in [5.74, 6) is 0.0109. The quantitative estimate of drug-likeness (QED) is 0.773. The van der Waals surface area contributed by atoms with E-state index >= 15 is 0 Å². The molecule has 1 aliphatic rings. The maximum Gasteiger partial charge on any atom is 0.224 e. The first kappa shape index (κ1) is 14.8. The molecule has 0 bridgehead atoms. The minimum absolute atomic E-state index is 0.0109. The van der Waals surface area contributed by atoms with E-state index in [1.54, 1.807) is 6.92 Å². The van der Waals surface area contributed by atoms with Crippen LogP contribution >= 0.6 is 11.6 Å². The first-order chi connectivity index (χ1) is 10.6. The highest BCUT2D eigenvalue weighted by Gasteiger charge is 2.29. The number of halogens is 1. The van der Waals surface area contributed by atoms with Gasteiger partial charge in [0.1, 0.15) is 0 Å². The Morgan fingerprint density at radius 2 is 1.86 bits per heavy atom. The third-order valence-corrected chi connectivity index (χ3v) is 4.10. The van der Waals surface area contributed by atoms with E-state index in [0.29, 0.717) is 5.02 Å². The number of amides is 1. The standard InChI is InChI=1S/C18H17ClN2O/c1-12-11-18(16-5-3-4-6-17(16)20-12)21(13(2)22)15-9-7-14(19)8-10-15/h3-10,18H,11H2,1-2H3. The first-order valence-electron chi connectivity index (χ1n) is 7.24. The van der Waals surface area contributed by atoms with Crippen LogP contribution in [0.2, 0.25) is 5.02 Å². The van der Waals surface area contributed by atoms with Gasteiger partial charge in [0.15, 0.2) is 0 Å². The molecule has 1 heterocycles. The van der Waals surface area contributed by atoms with Gasteiger partial charge in [-0.15, -0.1) is 0 Å². The molecule has 0 aliphatic carbocycles. The Hall–Kier alpha value is -2.13. The van der Waals surface area contributed by atoms with Gasteiger partial charge in [0.2, 0.25) is 5.91 Å². The molecule has 0 saturated heterocycles. The fourth-order valence-corrected chi connectivity index (χ4v) is 3.05. The molecule has 1 aliphatic heterocycles. The van der Waals surface area contributed by atoms with Gasteiger partial charge in [0.05, 0.1) is 11.7 Å². The fraction of sp³-hybridized carbons (Fsp3) is 0.222. The summed E-state index contributed by atoms with van der Waals surface area (Å²) in [6.07, 6.45) is 0.735. The van der Waals surface area contributed by atoms with Gasteiger partial charge in [-0.25, -0.2) is 0 Å². The van der Waals surface area contributed by atoms with Crippen LogP contribution in [0.1, 0.15) is 31.9 Å². The molecule has 3 rings (SSSR count). The largest absolute Gasteiger partial charge is 0.305 e. The second kappa shape index (κ2) is 5.93. The Balaban J connectivity index is 2.08. The molecule has 1 amide bonds. The Morgan fingerprint density at radius 1 is 1.18 bits per heavy atom. The van der Waals surface area contributed by atoms with Crippen molar-refractivity contribution in [2.24, 2.45) is 4.99 Å². The van der Waals surface area contributed by atoms with Crippen LogP contribution < -0.4 is 4.90 Å². The molecule has 0 spiro atoms. The molecule has 4 heteroatoms. The van der Waals surface area contributed by atoms with Crippen molar-refractivity contribution >= 4 is 34.6 Å². The van der Waals surface area contributed by atoms with Crippen LogP contribution in [0, 0.1) is 0 Å². The lowest BCUT2D eigenvalue weighted by Gasteiger charge is -2.34. The Kier molecular flexibility index (Phi) is 3.99. The maximum absolute atomic E-state index is 12.3. The van der Waals surface area contributed by atoms with E-state index in [-0.39, 0.29) is 11.9 Å². The molecule has 0 aromatic heterocycles. The zero-order valence-corrected chi connectivity index (χ0v) is 13.3. The summed E-state index contributed by atoms with van der Waals surface area (Å²) in [5, 5.41) is 0.661. The summed E-state index contributed by atoms with van der Waals surface area (Å²) < 4.78 is 0. The molecule has 1 atom stereocenters. The molecule has 0 fully saturated rings. The van der Waals surface area contributed by atoms with E-state index in [4.69, 9.17) is 11.6 Å². The smallest absolute Gasteiger partial charge is 0.224 e. The average Bonchev–Trinajstić information content (AvgIpc) is 2.49. The number of carbonyl (C=O) groups is 1. The van der Waals surface area contributed by atoms with Crippen LogP contribution in [0.4, 0.5) is 11.4 Å². The number of para-hydroxylation sites is 1. The highest BCUT2D eigenvalue weighted by Crippen LogP contribution is 2.39. The van der Waals surface area contributed by atoms with Crippen LogP contribution in [-0.2, 0) is 4.79 Å². The third kappa shape index (κ3) is 2.77. The number of anilines is 1. The molecule has 0 saturated carbocycles. The summed E-state index contributed by atoms with van der Waals surface area (Å²) in [6.45, 7) is 3.60. The molecule has 22 heavy (non-hydrogen) atoms. The van der Waals surface area contributed by atoms with Crippen LogP contribution in [0.25, 0.3) is 0 Å². The third-order valence-electron chi connectivity index (χ3n) is 3.85. The Labute approximate surface area is 135 Å². The van der Waals surface area contributed by atoms with E-state index in [1.165, 1.54) is 0 Å². The summed E-state index contributed by atoms with van der Waals surface area (Å²) in [7, 11) is 0. The van der Waals surface area contributed by atoms with Gasteiger partial charge in [-0.1, -0.05) is 29.8 Å². The van der Waals surface area contributed by atoms with Gasteiger partial charge in [0.25, 0.3) is 0 Å². The zero-order valence-electron chi connectivity index (χ0n) is 12.6. The number of nitrogens with zero attached hydrogens (tertiary/aromatic N) is 2. The van der Waals surface area contributed by atoms with E-state index in [1.807, 2.05) is 60.4 Å². The zero-order chi connectivity index (χ0) is 15.7. The average molecular weight is 313 g/mol. The number of carbonyl (C=O) groups excluding carboxylic acids is 1. The molecular formula is C18H17ClN2O. The van der Waals surface area contributed by atoms with E-state index in [2.05, 4.69) is 4.99 Å². The Morgan fingerprint density at radius 3 is 2.55 bits per heavy atom. The van der Waals surface area contributed by atoms with Crippen molar-refractivity contribution in [1.29, 1.82) is 0 Å². The normalized spacial score (nSPS) is 16.7. The first-order valence-corrected chi connectivity index (χ1v) is 7.62. The van der Waals surface area contributed by atoms with Crippen molar-refractivity contribution in [3.63, 3.8) is 0 Å². The minimum atomic E-state index is -0.0348. The second-order valence-corrected chi connectivity index (χ2v) is 5.93. The highest BCUT2D eigenvalue weighted by molar-refractivity contribution is 6.30. The summed E-state index contributed by atoms with van der Waals surface area (Å²) >= 11 is 5.96. The Bertz CT molecular complexity index is 737. The van der Waals surface area contributed by atoms with Crippen molar-refractivity contribution in [3.05, 3.63) is 59.1 Å². The number of hydrogen-bond donors (Lipinski definition) is 0. The second-order valence-electron chi connectivity index (χ2n) is 5.49. The molecule has 3 nitrogen and oxygen atoms in total. The summed E-state index contributed by atoms with van der Waals surface area (Å²) in [6, 6.07) is 15.3. The van der Waals surface area contributed by atoms with Gasteiger partial charge in [0, 0.05) is 35.3 Å². The number of benzene rings is 2. The molecule has 2 aromatic carbocycles. The van der Waals surface area contributed by atoms with Gasteiger partial charge < -0.3 is 4.90 Å². The van der Waals surface area contributed by atoms with Gasteiger partial charge >= 0.3 is 0 Å². The van der Waals surface area contributed by atoms with Crippen LogP contribution in [-0.4, -0.2) is 11.6 Å². The summed E-state index contributed by atoms with van der Waals surface area (Å²) in [5.41, 5.74) is 3.91. The molecule has 0 N–H and O–H groups in total. The van der Waals surface area contributed by atoms with Crippen LogP contribution in [0.3, 0.4) is 0 Å². The van der Waals surface area contributed by atoms with Gasteiger partial charge in [-0.2, -0.15) is 0 Å². The van der Waals surface area contributed by atoms with Crippen molar-refractivity contribution in [1.82, 2.24) is 0 Å². The van der Waals surface area contributed by atoms with E-state index in [0.717, 1.165) is 29.1 Å². The van der Waals surface area contributed by atoms with Crippen LogP contribution in [0.5, 0.6) is 0 Å². The number of rotatable bonds is 2. The van der Waals surface area contributed by atoms with Crippen molar-refractivity contribution in [3.8, 4) is 0 Å². The lowest BCUT2D eigenvalue weighted by atomic mass is 9.94. The minimum Gasteiger partial charge on any atom is -0.305 e. The maximum atomic E-state index is 12.3. The monoisotopic (exact) mass is 312 g/mol. The lowest BCUT2D eigenvalue weighted by Crippen LogP contribution is -2.35. The predicted octanol–water partition coefficient (Wildman–Crippen LogP) is 4.93. The topological polar surface area (TPSA) is 32.7 Å². The number of hydrogen-bond acceptors (Lipinski definition) is 2. The molecule has 2 aromatic rings. The van der Waals surface area contributed by atoms with Crippen LogP contribution in [0.15, 0.2) is 53.5 Å². The molecule has 1 unspecified atom stereocenters. The molecular weight excluding hydrogens is 296 g/mol. The van der Waals surface area contributed by atoms with Crippen molar-refractivity contribution in [2.45, 2.75) is 26.3 Å². The predicted molar refractivity (Wildman–Crippen MR) is 91.2 cm³/mol. The highest BCUT2D eigenvalue weighted by atomic mass is 35.5. The lowest BCUT2D eigenvalue weighted by molar-refractivity contribution is -0.117. The van der Waals surface area contributed by atoms with Crippen molar-refractivity contribution in [2.75, 3.05) is 4.90 Å². The van der Waals surface area contributed by atoms with E-state index in [9.17, 15) is 4.79 Å². The van der Waals surface area contributed by atoms with E-state index < -0.39 is 0 Å². The van der Waals surface area contributed by atoms with Gasteiger partial charge in [-0.05, 0) is 37.3 Å². The van der Waals surface area contributed by atoms with Crippen molar-refractivity contribution < 1.29 is 4.79 Å². The number of aliphatic imine (C=N–C) groups is 1. The van der Waals surface area contributed by atoms with Gasteiger partial charge in [-0.3, -0.25) is 9.79 Å². The number of fused-ring (bicyclic) bond motifs is 1. The SMILES string of the molecule is CC(=O)N(c1ccc(Cl)cc1)C1CC(C)=Nc2ccccc21. The fourth-order valence-electron chi connectivity index (χ4n) is 2.93. The molecule has 112 valence electrons. The molecule has 0 radical (unpaired) electrons. The summed E-state index contributed by atoms with van der Waals surface area (Å²) in [4.78, 5) is 18.7.